The van der Waals surface area contributed by atoms with Crippen LogP contribution in [0.1, 0.15) is 34.6 Å². The molecule has 22 heavy (non-hydrogen) atoms. The zero-order valence-electron chi connectivity index (χ0n) is 12.9. The molecule has 4 heteroatoms. The van der Waals surface area contributed by atoms with Gasteiger partial charge < -0.3 is 4.57 Å². The zero-order valence-corrected chi connectivity index (χ0v) is 13.7. The first-order chi connectivity index (χ1) is 10.6. The lowest BCUT2D eigenvalue weighted by Gasteiger charge is -2.13. The maximum atomic E-state index is 12.6. The molecule has 0 amide bonds. The normalized spacial score (nSPS) is 15.0. The molecule has 0 bridgehead atoms. The predicted molar refractivity (Wildman–Crippen MR) is 87.9 cm³/mol. The maximum absolute atomic E-state index is 12.6. The van der Waals surface area contributed by atoms with Crippen molar-refractivity contribution >= 4 is 17.4 Å². The number of nitrogens with zero attached hydrogens (tertiary/aromatic N) is 2. The van der Waals surface area contributed by atoms with Crippen LogP contribution in [-0.4, -0.2) is 34.9 Å². The molecule has 0 spiro atoms. The predicted octanol–water partition coefficient (Wildman–Crippen LogP) is 3.63. The van der Waals surface area contributed by atoms with E-state index in [4.69, 9.17) is 11.6 Å². The van der Waals surface area contributed by atoms with E-state index in [0.29, 0.717) is 11.6 Å². The number of carbonyl (C=O) groups is 1. The van der Waals surface area contributed by atoms with Gasteiger partial charge >= 0.3 is 0 Å². The summed E-state index contributed by atoms with van der Waals surface area (Å²) in [5, 5.41) is 0.617. The van der Waals surface area contributed by atoms with E-state index in [1.807, 2.05) is 30.5 Å². The zero-order chi connectivity index (χ0) is 15.7. The van der Waals surface area contributed by atoms with Gasteiger partial charge in [0.1, 0.15) is 0 Å². The van der Waals surface area contributed by atoms with Crippen LogP contribution >= 0.6 is 11.6 Å². The summed E-state index contributed by atoms with van der Waals surface area (Å²) < 4.78 is 2.01. The topological polar surface area (TPSA) is 25.2 Å². The van der Waals surface area contributed by atoms with Gasteiger partial charge in [-0.25, -0.2) is 0 Å². The molecular formula is C18H19ClN2O. The molecule has 1 aromatic carbocycles. The number of ketones is 1. The van der Waals surface area contributed by atoms with Gasteiger partial charge in [0.15, 0.2) is 5.78 Å². The number of rotatable bonds is 4. The van der Waals surface area contributed by atoms with Gasteiger partial charge in [-0.1, -0.05) is 17.7 Å². The van der Waals surface area contributed by atoms with Crippen molar-refractivity contribution in [1.29, 1.82) is 0 Å². The Morgan fingerprint density at radius 2 is 2.00 bits per heavy atom. The first kappa shape index (κ1) is 15.1. The van der Waals surface area contributed by atoms with Crippen LogP contribution in [0.3, 0.4) is 0 Å². The average Bonchev–Trinajstić information content (AvgIpc) is 3.07. The summed E-state index contributed by atoms with van der Waals surface area (Å²) >= 11 is 6.04. The van der Waals surface area contributed by atoms with Crippen LogP contribution in [0.15, 0.2) is 18.2 Å². The van der Waals surface area contributed by atoms with Crippen LogP contribution in [0.5, 0.6) is 0 Å². The molecule has 0 radical (unpaired) electrons. The molecule has 0 unspecified atom stereocenters. The molecule has 1 aliphatic heterocycles. The lowest BCUT2D eigenvalue weighted by Crippen LogP contribution is -2.27. The van der Waals surface area contributed by atoms with Gasteiger partial charge in [-0.3, -0.25) is 9.69 Å². The third kappa shape index (κ3) is 2.90. The van der Waals surface area contributed by atoms with Gasteiger partial charge in [-0.05, 0) is 58.0 Å². The Morgan fingerprint density at radius 3 is 2.68 bits per heavy atom. The molecular weight excluding hydrogens is 296 g/mol. The molecule has 0 aliphatic carbocycles. The van der Waals surface area contributed by atoms with Gasteiger partial charge in [-0.2, -0.15) is 0 Å². The standard InChI is InChI=1S/C18H19ClN2O/c1-13-10-17(18(22)12-20-8-3-4-9-20)14(2)21(13)16-7-5-6-15(19)11-16/h6,10-11H,3-4,8-9,12H2,1-2H3. The molecule has 2 aromatic rings. The van der Waals surface area contributed by atoms with Gasteiger partial charge in [0.25, 0.3) is 0 Å². The van der Waals surface area contributed by atoms with E-state index in [2.05, 4.69) is 17.0 Å². The van der Waals surface area contributed by atoms with E-state index in [0.717, 1.165) is 35.7 Å². The molecule has 114 valence electrons. The Balaban J connectivity index is 1.91. The molecule has 0 N–H and O–H groups in total. The van der Waals surface area contributed by atoms with Crippen molar-refractivity contribution in [2.75, 3.05) is 19.6 Å². The summed E-state index contributed by atoms with van der Waals surface area (Å²) in [6.07, 6.45) is 2.39. The third-order valence-corrected chi connectivity index (χ3v) is 4.44. The second-order valence-corrected chi connectivity index (χ2v) is 6.29. The van der Waals surface area contributed by atoms with Crippen LogP contribution in [0.25, 0.3) is 5.69 Å². The highest BCUT2D eigenvalue weighted by molar-refractivity contribution is 6.30. The Labute approximate surface area is 136 Å². The smallest absolute Gasteiger partial charge is 0.178 e. The lowest BCUT2D eigenvalue weighted by molar-refractivity contribution is 0.0944. The van der Waals surface area contributed by atoms with Crippen molar-refractivity contribution < 1.29 is 4.79 Å². The lowest BCUT2D eigenvalue weighted by atomic mass is 10.1. The third-order valence-electron chi connectivity index (χ3n) is 4.22. The Hall–Kier alpha value is -1.76. The van der Waals surface area contributed by atoms with Crippen molar-refractivity contribution in [2.24, 2.45) is 0 Å². The molecule has 1 aromatic heterocycles. The van der Waals surface area contributed by atoms with Gasteiger partial charge in [0.2, 0.25) is 0 Å². The number of aromatic nitrogens is 1. The summed E-state index contributed by atoms with van der Waals surface area (Å²) in [7, 11) is 0. The van der Waals surface area contributed by atoms with Crippen molar-refractivity contribution in [3.63, 3.8) is 0 Å². The molecule has 3 nitrogen and oxygen atoms in total. The number of aryl methyl sites for hydroxylation is 1. The van der Waals surface area contributed by atoms with Crippen molar-refractivity contribution in [1.82, 2.24) is 9.47 Å². The summed E-state index contributed by atoms with van der Waals surface area (Å²) in [5.41, 5.74) is 3.56. The summed E-state index contributed by atoms with van der Waals surface area (Å²) in [6, 6.07) is 11.5. The first-order valence-electron chi connectivity index (χ1n) is 7.60. The molecule has 0 atom stereocenters. The minimum absolute atomic E-state index is 0.187. The number of Topliss-reactive ketones (excluding diaryl/α,β-unsaturated/α-hetero) is 1. The van der Waals surface area contributed by atoms with E-state index >= 15 is 0 Å². The monoisotopic (exact) mass is 314 g/mol. The highest BCUT2D eigenvalue weighted by Gasteiger charge is 2.20. The van der Waals surface area contributed by atoms with Gasteiger partial charge in [-0.15, -0.1) is 0 Å². The fourth-order valence-electron chi connectivity index (χ4n) is 3.15. The molecule has 1 aliphatic rings. The Bertz CT molecular complexity index is 699. The molecule has 1 saturated heterocycles. The van der Waals surface area contributed by atoms with Crippen LogP contribution < -0.4 is 0 Å². The second-order valence-electron chi connectivity index (χ2n) is 5.85. The van der Waals surface area contributed by atoms with Crippen molar-refractivity contribution in [2.45, 2.75) is 26.7 Å². The highest BCUT2D eigenvalue weighted by Crippen LogP contribution is 2.22. The summed E-state index contributed by atoms with van der Waals surface area (Å²) in [4.78, 5) is 14.8. The van der Waals surface area contributed by atoms with E-state index in [1.165, 1.54) is 12.8 Å². The van der Waals surface area contributed by atoms with Crippen LogP contribution in [0.4, 0.5) is 0 Å². The number of halogens is 1. The van der Waals surface area contributed by atoms with Crippen LogP contribution in [-0.2, 0) is 0 Å². The molecule has 0 saturated carbocycles. The van der Waals surface area contributed by atoms with E-state index in [9.17, 15) is 4.79 Å². The fraction of sp³-hybridized carbons (Fsp3) is 0.389. The largest absolute Gasteiger partial charge is 0.311 e. The van der Waals surface area contributed by atoms with Gasteiger partial charge in [0, 0.05) is 23.0 Å². The van der Waals surface area contributed by atoms with E-state index in [1.54, 1.807) is 6.07 Å². The minimum atomic E-state index is 0.187. The average molecular weight is 315 g/mol. The van der Waals surface area contributed by atoms with Crippen molar-refractivity contribution in [3.05, 3.63) is 52.3 Å². The molecule has 3 rings (SSSR count). The van der Waals surface area contributed by atoms with Crippen LogP contribution in [0.2, 0.25) is 5.02 Å². The van der Waals surface area contributed by atoms with Crippen LogP contribution in [0, 0.1) is 26.0 Å². The molecule has 2 heterocycles. The Morgan fingerprint density at radius 1 is 1.27 bits per heavy atom. The fourth-order valence-corrected chi connectivity index (χ4v) is 3.31. The van der Waals surface area contributed by atoms with Crippen molar-refractivity contribution in [3.8, 4) is 5.69 Å². The number of hydrogen-bond donors (Lipinski definition) is 0. The van der Waals surface area contributed by atoms with E-state index in [-0.39, 0.29) is 5.78 Å². The summed E-state index contributed by atoms with van der Waals surface area (Å²) in [5.74, 6) is 0.187. The SMILES string of the molecule is Cc1cc(C(=O)CN2CCCC2)c(C)n1-c1c#ccc(Cl)c1. The summed E-state index contributed by atoms with van der Waals surface area (Å²) in [6.45, 7) is 6.53. The minimum Gasteiger partial charge on any atom is -0.311 e. The molecule has 1 fully saturated rings. The number of hydrogen-bond acceptors (Lipinski definition) is 2. The quantitative estimate of drug-likeness (QED) is 0.805. The Kier molecular flexibility index (Phi) is 4.24. The number of likely N-dealkylation sites (tertiary alicyclic amines) is 1. The first-order valence-corrected chi connectivity index (χ1v) is 7.98. The van der Waals surface area contributed by atoms with E-state index < -0.39 is 0 Å². The number of carbonyl (C=O) groups excluding carboxylic acids is 1. The highest BCUT2D eigenvalue weighted by atomic mass is 35.5. The maximum Gasteiger partial charge on any atom is 0.178 e. The van der Waals surface area contributed by atoms with Gasteiger partial charge in [0.05, 0.1) is 17.3 Å². The second kappa shape index (κ2) is 6.16.